The van der Waals surface area contributed by atoms with E-state index in [1.54, 1.807) is 0 Å². The zero-order chi connectivity index (χ0) is 13.1. The highest BCUT2D eigenvalue weighted by molar-refractivity contribution is 14.1. The van der Waals surface area contributed by atoms with Crippen LogP contribution < -0.4 is 5.73 Å². The molecule has 94 valence electrons. The van der Waals surface area contributed by atoms with Crippen LogP contribution in [0.4, 0.5) is 0 Å². The summed E-state index contributed by atoms with van der Waals surface area (Å²) < 4.78 is 1.21. The van der Waals surface area contributed by atoms with Crippen molar-refractivity contribution in [3.63, 3.8) is 0 Å². The number of rotatable bonds is 3. The summed E-state index contributed by atoms with van der Waals surface area (Å²) in [5.74, 6) is 0. The van der Waals surface area contributed by atoms with Crippen molar-refractivity contribution < 1.29 is 0 Å². The van der Waals surface area contributed by atoms with Gasteiger partial charge in [-0.1, -0.05) is 41.4 Å². The first-order valence-electron chi connectivity index (χ1n) is 5.52. The Morgan fingerprint density at radius 2 is 1.56 bits per heavy atom. The molecule has 0 radical (unpaired) electrons. The van der Waals surface area contributed by atoms with Crippen LogP contribution in [0.3, 0.4) is 0 Å². The number of halogens is 3. The maximum Gasteiger partial charge on any atom is 0.0468 e. The molecule has 0 bridgehead atoms. The van der Waals surface area contributed by atoms with Gasteiger partial charge >= 0.3 is 0 Å². The standard InChI is InChI=1S/C14H12Cl2IN/c15-11-2-1-3-12(16)14(11)13(18)8-9-4-6-10(17)7-5-9/h1-7,13H,8,18H2. The summed E-state index contributed by atoms with van der Waals surface area (Å²) in [7, 11) is 0. The number of benzene rings is 2. The van der Waals surface area contributed by atoms with E-state index in [1.807, 2.05) is 18.2 Å². The normalized spacial score (nSPS) is 12.4. The van der Waals surface area contributed by atoms with Gasteiger partial charge in [0, 0.05) is 25.2 Å². The lowest BCUT2D eigenvalue weighted by atomic mass is 9.99. The summed E-state index contributed by atoms with van der Waals surface area (Å²) in [6.07, 6.45) is 0.723. The quantitative estimate of drug-likeness (QED) is 0.744. The van der Waals surface area contributed by atoms with Gasteiger partial charge in [-0.05, 0) is 58.8 Å². The minimum Gasteiger partial charge on any atom is -0.324 e. The van der Waals surface area contributed by atoms with Gasteiger partial charge < -0.3 is 5.73 Å². The van der Waals surface area contributed by atoms with E-state index in [9.17, 15) is 0 Å². The second-order valence-corrected chi connectivity index (χ2v) is 6.13. The lowest BCUT2D eigenvalue weighted by molar-refractivity contribution is 0.722. The Balaban J connectivity index is 2.22. The van der Waals surface area contributed by atoms with Crippen LogP contribution >= 0.6 is 45.8 Å². The van der Waals surface area contributed by atoms with Crippen molar-refractivity contribution in [2.75, 3.05) is 0 Å². The van der Waals surface area contributed by atoms with Gasteiger partial charge in [0.05, 0.1) is 0 Å². The lowest BCUT2D eigenvalue weighted by Crippen LogP contribution is -2.14. The lowest BCUT2D eigenvalue weighted by Gasteiger charge is -2.15. The van der Waals surface area contributed by atoms with Crippen LogP contribution in [0.1, 0.15) is 17.2 Å². The molecule has 0 aromatic heterocycles. The van der Waals surface area contributed by atoms with Crippen molar-refractivity contribution in [3.05, 3.63) is 67.2 Å². The van der Waals surface area contributed by atoms with Crippen LogP contribution in [0.25, 0.3) is 0 Å². The fraction of sp³-hybridized carbons (Fsp3) is 0.143. The maximum atomic E-state index is 6.20. The first kappa shape index (κ1) is 14.1. The Morgan fingerprint density at radius 3 is 2.11 bits per heavy atom. The molecule has 0 fully saturated rings. The van der Waals surface area contributed by atoms with Gasteiger partial charge in [-0.2, -0.15) is 0 Å². The van der Waals surface area contributed by atoms with Crippen molar-refractivity contribution >= 4 is 45.8 Å². The Kier molecular flexibility index (Phi) is 4.90. The second kappa shape index (κ2) is 6.24. The molecule has 0 aliphatic heterocycles. The van der Waals surface area contributed by atoms with Crippen molar-refractivity contribution in [3.8, 4) is 0 Å². The van der Waals surface area contributed by atoms with Crippen molar-refractivity contribution in [1.82, 2.24) is 0 Å². The molecule has 0 aliphatic rings. The summed E-state index contributed by atoms with van der Waals surface area (Å²) in [6, 6.07) is 13.6. The molecule has 2 rings (SSSR count). The van der Waals surface area contributed by atoms with Crippen LogP contribution in [-0.4, -0.2) is 0 Å². The smallest absolute Gasteiger partial charge is 0.0468 e. The van der Waals surface area contributed by atoms with E-state index in [0.717, 1.165) is 12.0 Å². The monoisotopic (exact) mass is 391 g/mol. The van der Waals surface area contributed by atoms with Crippen LogP contribution in [-0.2, 0) is 6.42 Å². The Hall–Kier alpha value is -0.290. The molecule has 4 heteroatoms. The zero-order valence-corrected chi connectivity index (χ0v) is 13.2. The first-order chi connectivity index (χ1) is 8.58. The molecule has 0 amide bonds. The van der Waals surface area contributed by atoms with E-state index in [0.29, 0.717) is 10.0 Å². The molecule has 0 saturated carbocycles. The third-order valence-electron chi connectivity index (χ3n) is 2.74. The van der Waals surface area contributed by atoms with E-state index in [-0.39, 0.29) is 6.04 Å². The minimum atomic E-state index is -0.189. The average Bonchev–Trinajstić information content (AvgIpc) is 2.32. The average molecular weight is 392 g/mol. The molecule has 0 spiro atoms. The molecular weight excluding hydrogens is 380 g/mol. The second-order valence-electron chi connectivity index (χ2n) is 4.07. The highest BCUT2D eigenvalue weighted by atomic mass is 127. The molecular formula is C14H12Cl2IN. The highest BCUT2D eigenvalue weighted by Crippen LogP contribution is 2.30. The van der Waals surface area contributed by atoms with Gasteiger partial charge in [0.15, 0.2) is 0 Å². The van der Waals surface area contributed by atoms with Gasteiger partial charge in [0.25, 0.3) is 0 Å². The zero-order valence-electron chi connectivity index (χ0n) is 9.54. The minimum absolute atomic E-state index is 0.189. The summed E-state index contributed by atoms with van der Waals surface area (Å²) in [5, 5.41) is 1.25. The SMILES string of the molecule is NC(Cc1ccc(I)cc1)c1c(Cl)cccc1Cl. The van der Waals surface area contributed by atoms with Crippen LogP contribution in [0.5, 0.6) is 0 Å². The molecule has 2 aromatic carbocycles. The molecule has 1 unspecified atom stereocenters. The third kappa shape index (κ3) is 3.38. The van der Waals surface area contributed by atoms with Gasteiger partial charge in [-0.25, -0.2) is 0 Å². The summed E-state index contributed by atoms with van der Waals surface area (Å²) >= 11 is 14.6. The van der Waals surface area contributed by atoms with Crippen molar-refractivity contribution in [2.24, 2.45) is 5.73 Å². The van der Waals surface area contributed by atoms with Crippen LogP contribution in [0.15, 0.2) is 42.5 Å². The summed E-state index contributed by atoms with van der Waals surface area (Å²) in [4.78, 5) is 0. The fourth-order valence-electron chi connectivity index (χ4n) is 1.84. The predicted octanol–water partition coefficient (Wildman–Crippen LogP) is 4.84. The van der Waals surface area contributed by atoms with Gasteiger partial charge in [0.1, 0.15) is 0 Å². The molecule has 1 atom stereocenters. The van der Waals surface area contributed by atoms with Gasteiger partial charge in [-0.15, -0.1) is 0 Å². The van der Waals surface area contributed by atoms with E-state index in [4.69, 9.17) is 28.9 Å². The molecule has 18 heavy (non-hydrogen) atoms. The molecule has 0 saturated heterocycles. The maximum absolute atomic E-state index is 6.20. The van der Waals surface area contributed by atoms with Gasteiger partial charge in [-0.3, -0.25) is 0 Å². The van der Waals surface area contributed by atoms with E-state index in [2.05, 4.69) is 46.9 Å². The van der Waals surface area contributed by atoms with E-state index < -0.39 is 0 Å². The number of hydrogen-bond donors (Lipinski definition) is 1. The topological polar surface area (TPSA) is 26.0 Å². The van der Waals surface area contributed by atoms with Gasteiger partial charge in [0.2, 0.25) is 0 Å². The predicted molar refractivity (Wildman–Crippen MR) is 86.3 cm³/mol. The Labute approximate surface area is 130 Å². The Morgan fingerprint density at radius 1 is 1.00 bits per heavy atom. The largest absolute Gasteiger partial charge is 0.324 e. The van der Waals surface area contributed by atoms with E-state index >= 15 is 0 Å². The van der Waals surface area contributed by atoms with Crippen molar-refractivity contribution in [1.29, 1.82) is 0 Å². The molecule has 0 heterocycles. The van der Waals surface area contributed by atoms with Crippen LogP contribution in [0.2, 0.25) is 10.0 Å². The molecule has 2 aromatic rings. The summed E-state index contributed by atoms with van der Waals surface area (Å²) in [5.41, 5.74) is 8.19. The number of hydrogen-bond acceptors (Lipinski definition) is 1. The summed E-state index contributed by atoms with van der Waals surface area (Å²) in [6.45, 7) is 0. The number of nitrogens with two attached hydrogens (primary N) is 1. The molecule has 2 N–H and O–H groups in total. The first-order valence-corrected chi connectivity index (χ1v) is 7.35. The molecule has 1 nitrogen and oxygen atoms in total. The highest BCUT2D eigenvalue weighted by Gasteiger charge is 2.14. The van der Waals surface area contributed by atoms with Crippen molar-refractivity contribution in [2.45, 2.75) is 12.5 Å². The Bertz CT molecular complexity index is 520. The van der Waals surface area contributed by atoms with Crippen LogP contribution in [0, 0.1) is 3.57 Å². The fourth-order valence-corrected chi connectivity index (χ4v) is 2.88. The third-order valence-corrected chi connectivity index (χ3v) is 4.12. The molecule has 0 aliphatic carbocycles. The van der Waals surface area contributed by atoms with E-state index in [1.165, 1.54) is 9.13 Å².